The normalized spacial score (nSPS) is 18.1. The van der Waals surface area contributed by atoms with E-state index in [1.165, 1.54) is 5.56 Å². The molecule has 6 nitrogen and oxygen atoms in total. The number of hydrogen-bond donors (Lipinski definition) is 2. The van der Waals surface area contributed by atoms with E-state index >= 15 is 0 Å². The SMILES string of the molecule is CC(Cc1ccc(C#N)cc1)(NC(=O)[C@H]1CCCN(CCCc2ccccc2)C1)c1ncc[nH]1. The Morgan fingerprint density at radius 1 is 1.21 bits per heavy atom. The lowest BCUT2D eigenvalue weighted by Gasteiger charge is -2.35. The minimum atomic E-state index is -0.662. The van der Waals surface area contributed by atoms with E-state index in [0.29, 0.717) is 12.0 Å². The molecule has 2 N–H and O–H groups in total. The summed E-state index contributed by atoms with van der Waals surface area (Å²) in [6, 6.07) is 20.3. The molecule has 1 aliphatic rings. The molecule has 1 saturated heterocycles. The molecule has 0 saturated carbocycles. The van der Waals surface area contributed by atoms with Gasteiger partial charge in [-0.3, -0.25) is 4.79 Å². The highest BCUT2D eigenvalue weighted by Gasteiger charge is 2.35. The Bertz CT molecular complexity index is 1090. The lowest BCUT2D eigenvalue weighted by Crippen LogP contribution is -2.51. The second-order valence-corrected chi connectivity index (χ2v) is 9.47. The Morgan fingerprint density at radius 3 is 2.71 bits per heavy atom. The summed E-state index contributed by atoms with van der Waals surface area (Å²) in [7, 11) is 0. The zero-order valence-electron chi connectivity index (χ0n) is 19.8. The number of likely N-dealkylation sites (tertiary alicyclic amines) is 1. The van der Waals surface area contributed by atoms with Gasteiger partial charge in [0.05, 0.1) is 23.1 Å². The van der Waals surface area contributed by atoms with Crippen LogP contribution in [-0.2, 0) is 23.2 Å². The van der Waals surface area contributed by atoms with Crippen LogP contribution in [0.25, 0.3) is 0 Å². The molecule has 34 heavy (non-hydrogen) atoms. The third-order valence-electron chi connectivity index (χ3n) is 6.72. The number of amides is 1. The van der Waals surface area contributed by atoms with Gasteiger partial charge in [-0.25, -0.2) is 4.98 Å². The number of piperidine rings is 1. The summed E-state index contributed by atoms with van der Waals surface area (Å²) in [5.74, 6) is 0.793. The topological polar surface area (TPSA) is 84.8 Å². The summed E-state index contributed by atoms with van der Waals surface area (Å²) >= 11 is 0. The van der Waals surface area contributed by atoms with E-state index in [2.05, 4.69) is 56.6 Å². The van der Waals surface area contributed by atoms with E-state index < -0.39 is 5.54 Å². The molecular weight excluding hydrogens is 422 g/mol. The minimum absolute atomic E-state index is 0.0271. The summed E-state index contributed by atoms with van der Waals surface area (Å²) in [5, 5.41) is 12.4. The smallest absolute Gasteiger partial charge is 0.225 e. The average Bonchev–Trinajstić information content (AvgIpc) is 3.42. The highest BCUT2D eigenvalue weighted by molar-refractivity contribution is 5.80. The van der Waals surface area contributed by atoms with Crippen molar-refractivity contribution >= 4 is 5.91 Å². The van der Waals surface area contributed by atoms with Gasteiger partial charge < -0.3 is 15.2 Å². The summed E-state index contributed by atoms with van der Waals surface area (Å²) in [5.41, 5.74) is 2.38. The Hall–Kier alpha value is -3.43. The van der Waals surface area contributed by atoms with Gasteiger partial charge in [-0.15, -0.1) is 0 Å². The van der Waals surface area contributed by atoms with Crippen molar-refractivity contribution in [2.45, 2.75) is 44.6 Å². The van der Waals surface area contributed by atoms with Crippen LogP contribution in [0.3, 0.4) is 0 Å². The fourth-order valence-electron chi connectivity index (χ4n) is 4.86. The third kappa shape index (κ3) is 6.12. The molecule has 0 bridgehead atoms. The molecule has 1 aromatic heterocycles. The van der Waals surface area contributed by atoms with Crippen LogP contribution in [-0.4, -0.2) is 40.4 Å². The van der Waals surface area contributed by atoms with Crippen molar-refractivity contribution in [2.24, 2.45) is 5.92 Å². The molecule has 176 valence electrons. The maximum Gasteiger partial charge on any atom is 0.225 e. The van der Waals surface area contributed by atoms with E-state index in [-0.39, 0.29) is 11.8 Å². The van der Waals surface area contributed by atoms with Crippen LogP contribution < -0.4 is 5.32 Å². The number of rotatable bonds is 9. The summed E-state index contributed by atoms with van der Waals surface area (Å²) in [6.45, 7) is 4.88. The molecule has 4 rings (SSSR count). The first-order valence-electron chi connectivity index (χ1n) is 12.1. The molecule has 1 fully saturated rings. The lowest BCUT2D eigenvalue weighted by molar-refractivity contribution is -0.128. The molecular formula is C28H33N5O. The number of carbonyl (C=O) groups is 1. The number of hydrogen-bond acceptors (Lipinski definition) is 4. The standard InChI is InChI=1S/C28H33N5O/c1-28(27-30-15-16-31-27,19-23-11-13-24(20-29)14-12-23)32-26(34)25-10-6-18-33(21-25)17-5-9-22-7-3-2-4-8-22/h2-4,7-8,11-16,25H,5-6,9-10,17-19,21H2,1H3,(H,30,31)(H,32,34)/t25-,28?/m0/s1. The number of nitriles is 1. The van der Waals surface area contributed by atoms with Crippen molar-refractivity contribution in [3.8, 4) is 6.07 Å². The molecule has 1 aliphatic heterocycles. The Kier molecular flexibility index (Phi) is 7.76. The maximum atomic E-state index is 13.4. The molecule has 6 heteroatoms. The predicted octanol–water partition coefficient (Wildman–Crippen LogP) is 4.20. The first-order chi connectivity index (χ1) is 16.6. The molecule has 2 aromatic carbocycles. The van der Waals surface area contributed by atoms with Crippen LogP contribution in [0.4, 0.5) is 0 Å². The summed E-state index contributed by atoms with van der Waals surface area (Å²) < 4.78 is 0. The first-order valence-corrected chi connectivity index (χ1v) is 12.1. The van der Waals surface area contributed by atoms with Gasteiger partial charge in [-0.05, 0) is 69.0 Å². The molecule has 0 radical (unpaired) electrons. The van der Waals surface area contributed by atoms with Gasteiger partial charge in [0.1, 0.15) is 5.82 Å². The number of carbonyl (C=O) groups excluding carboxylic acids is 1. The van der Waals surface area contributed by atoms with Crippen LogP contribution in [0.2, 0.25) is 0 Å². The van der Waals surface area contributed by atoms with E-state index in [4.69, 9.17) is 5.26 Å². The van der Waals surface area contributed by atoms with Crippen LogP contribution in [0.5, 0.6) is 0 Å². The van der Waals surface area contributed by atoms with Crippen molar-refractivity contribution in [3.63, 3.8) is 0 Å². The van der Waals surface area contributed by atoms with E-state index in [9.17, 15) is 4.79 Å². The molecule has 1 unspecified atom stereocenters. The Balaban J connectivity index is 1.38. The van der Waals surface area contributed by atoms with Crippen molar-refractivity contribution in [1.82, 2.24) is 20.2 Å². The Labute approximate surface area is 202 Å². The van der Waals surface area contributed by atoms with E-state index in [1.54, 1.807) is 12.4 Å². The van der Waals surface area contributed by atoms with Gasteiger partial charge in [-0.1, -0.05) is 42.5 Å². The van der Waals surface area contributed by atoms with E-state index in [0.717, 1.165) is 56.7 Å². The van der Waals surface area contributed by atoms with Gasteiger partial charge in [-0.2, -0.15) is 5.26 Å². The van der Waals surface area contributed by atoms with Gasteiger partial charge in [0, 0.05) is 25.4 Å². The molecule has 1 amide bonds. The third-order valence-corrected chi connectivity index (χ3v) is 6.72. The van der Waals surface area contributed by atoms with Gasteiger partial charge in [0.25, 0.3) is 0 Å². The van der Waals surface area contributed by atoms with Crippen molar-refractivity contribution in [2.75, 3.05) is 19.6 Å². The second-order valence-electron chi connectivity index (χ2n) is 9.47. The van der Waals surface area contributed by atoms with Gasteiger partial charge in [0.2, 0.25) is 5.91 Å². The molecule has 0 spiro atoms. The number of H-pyrrole nitrogens is 1. The number of nitrogens with zero attached hydrogens (tertiary/aromatic N) is 3. The summed E-state index contributed by atoms with van der Waals surface area (Å²) in [4.78, 5) is 23.5. The zero-order chi connectivity index (χ0) is 23.8. The molecule has 2 heterocycles. The largest absolute Gasteiger partial charge is 0.347 e. The lowest BCUT2D eigenvalue weighted by atomic mass is 9.89. The second kappa shape index (κ2) is 11.1. The van der Waals surface area contributed by atoms with Crippen LogP contribution in [0, 0.1) is 17.2 Å². The first kappa shape index (κ1) is 23.7. The van der Waals surface area contributed by atoms with Gasteiger partial charge >= 0.3 is 0 Å². The van der Waals surface area contributed by atoms with Crippen molar-refractivity contribution < 1.29 is 4.79 Å². The van der Waals surface area contributed by atoms with Crippen LogP contribution in [0.15, 0.2) is 67.0 Å². The van der Waals surface area contributed by atoms with Crippen molar-refractivity contribution in [1.29, 1.82) is 5.26 Å². The summed E-state index contributed by atoms with van der Waals surface area (Å²) in [6.07, 6.45) is 8.20. The Morgan fingerprint density at radius 2 is 2.00 bits per heavy atom. The number of aromatic nitrogens is 2. The van der Waals surface area contributed by atoms with Crippen LogP contribution >= 0.6 is 0 Å². The molecule has 0 aliphatic carbocycles. The predicted molar refractivity (Wildman–Crippen MR) is 133 cm³/mol. The number of aryl methyl sites for hydroxylation is 1. The highest BCUT2D eigenvalue weighted by atomic mass is 16.2. The fourth-order valence-corrected chi connectivity index (χ4v) is 4.86. The molecule has 3 aromatic rings. The monoisotopic (exact) mass is 455 g/mol. The number of nitrogens with one attached hydrogen (secondary N) is 2. The minimum Gasteiger partial charge on any atom is -0.347 e. The fraction of sp³-hybridized carbons (Fsp3) is 0.393. The maximum absolute atomic E-state index is 13.4. The van der Waals surface area contributed by atoms with Gasteiger partial charge in [0.15, 0.2) is 0 Å². The quantitative estimate of drug-likeness (QED) is 0.506. The van der Waals surface area contributed by atoms with E-state index in [1.807, 2.05) is 31.2 Å². The number of imidazole rings is 1. The average molecular weight is 456 g/mol. The highest BCUT2D eigenvalue weighted by Crippen LogP contribution is 2.25. The zero-order valence-corrected chi connectivity index (χ0v) is 19.8. The van der Waals surface area contributed by atoms with Crippen molar-refractivity contribution in [3.05, 3.63) is 89.5 Å². The number of benzene rings is 2. The number of aromatic amines is 1. The van der Waals surface area contributed by atoms with Crippen LogP contribution in [0.1, 0.15) is 48.7 Å². The molecule has 2 atom stereocenters.